The molecule has 0 aliphatic carbocycles. The molecule has 14 heavy (non-hydrogen) atoms. The Bertz CT molecular complexity index is 357. The van der Waals surface area contributed by atoms with Crippen molar-refractivity contribution in [1.29, 1.82) is 0 Å². The zero-order valence-corrected chi connectivity index (χ0v) is 8.81. The standard InChI is InChI=1S/C9H11FN2OS/c1-11-9(13)12(2)8-4-3-6(14)5-7(8)10/h3-5,14H,1-2H3,(H,11,13). The first-order valence-electron chi connectivity index (χ1n) is 4.00. The molecule has 0 bridgehead atoms. The Labute approximate surface area is 87.3 Å². The Morgan fingerprint density at radius 1 is 1.57 bits per heavy atom. The number of thiol groups is 1. The number of amides is 2. The molecule has 1 aromatic rings. The largest absolute Gasteiger partial charge is 0.341 e. The summed E-state index contributed by atoms with van der Waals surface area (Å²) in [4.78, 5) is 12.9. The van der Waals surface area contributed by atoms with E-state index < -0.39 is 5.82 Å². The monoisotopic (exact) mass is 214 g/mol. The Morgan fingerprint density at radius 2 is 2.21 bits per heavy atom. The average molecular weight is 214 g/mol. The summed E-state index contributed by atoms with van der Waals surface area (Å²) in [5, 5.41) is 2.41. The van der Waals surface area contributed by atoms with E-state index in [4.69, 9.17) is 0 Å². The normalized spacial score (nSPS) is 9.71. The molecule has 0 radical (unpaired) electrons. The second kappa shape index (κ2) is 4.32. The number of carbonyl (C=O) groups is 1. The first-order chi connectivity index (χ1) is 6.56. The Morgan fingerprint density at radius 3 is 2.71 bits per heavy atom. The predicted octanol–water partition coefficient (Wildman–Crippen LogP) is 1.89. The highest BCUT2D eigenvalue weighted by Crippen LogP contribution is 2.20. The molecule has 0 aliphatic heterocycles. The van der Waals surface area contributed by atoms with Crippen LogP contribution in [0.4, 0.5) is 14.9 Å². The van der Waals surface area contributed by atoms with E-state index in [1.54, 1.807) is 6.07 Å². The highest BCUT2D eigenvalue weighted by Gasteiger charge is 2.12. The van der Waals surface area contributed by atoms with Crippen LogP contribution in [0.15, 0.2) is 23.1 Å². The smallest absolute Gasteiger partial charge is 0.321 e. The summed E-state index contributed by atoms with van der Waals surface area (Å²) in [6, 6.07) is 4.03. The fraction of sp³-hybridized carbons (Fsp3) is 0.222. The van der Waals surface area contributed by atoms with Crippen LogP contribution in [0.3, 0.4) is 0 Å². The Hall–Kier alpha value is -1.23. The molecule has 2 amide bonds. The minimum absolute atomic E-state index is 0.224. The molecule has 1 N–H and O–H groups in total. The molecular weight excluding hydrogens is 203 g/mol. The van der Waals surface area contributed by atoms with Crippen molar-refractivity contribution in [3.63, 3.8) is 0 Å². The number of urea groups is 1. The highest BCUT2D eigenvalue weighted by molar-refractivity contribution is 7.80. The first-order valence-corrected chi connectivity index (χ1v) is 4.45. The maximum Gasteiger partial charge on any atom is 0.321 e. The topological polar surface area (TPSA) is 32.3 Å². The summed E-state index contributed by atoms with van der Waals surface area (Å²) in [6.45, 7) is 0. The summed E-state index contributed by atoms with van der Waals surface area (Å²) < 4.78 is 13.3. The second-order valence-electron chi connectivity index (χ2n) is 2.75. The van der Waals surface area contributed by atoms with E-state index in [0.717, 1.165) is 0 Å². The third-order valence-electron chi connectivity index (χ3n) is 1.81. The van der Waals surface area contributed by atoms with Crippen LogP contribution < -0.4 is 10.2 Å². The molecule has 0 aliphatic rings. The predicted molar refractivity (Wildman–Crippen MR) is 56.5 cm³/mol. The van der Waals surface area contributed by atoms with Gasteiger partial charge in [0.05, 0.1) is 5.69 Å². The van der Waals surface area contributed by atoms with Gasteiger partial charge in [-0.1, -0.05) is 0 Å². The Kier molecular flexibility index (Phi) is 3.35. The number of hydrogen-bond donors (Lipinski definition) is 2. The van der Waals surface area contributed by atoms with Gasteiger partial charge in [-0.2, -0.15) is 0 Å². The number of carbonyl (C=O) groups excluding carboxylic acids is 1. The lowest BCUT2D eigenvalue weighted by Gasteiger charge is -2.17. The lowest BCUT2D eigenvalue weighted by Crippen LogP contribution is -2.35. The molecule has 3 nitrogen and oxygen atoms in total. The molecular formula is C9H11FN2OS. The van der Waals surface area contributed by atoms with Gasteiger partial charge in [-0.3, -0.25) is 4.90 Å². The number of nitrogens with one attached hydrogen (secondary N) is 1. The van der Waals surface area contributed by atoms with Gasteiger partial charge in [0.2, 0.25) is 0 Å². The van der Waals surface area contributed by atoms with Gasteiger partial charge in [-0.25, -0.2) is 9.18 Å². The van der Waals surface area contributed by atoms with Gasteiger partial charge in [-0.15, -0.1) is 12.6 Å². The van der Waals surface area contributed by atoms with Crippen LogP contribution in [-0.4, -0.2) is 20.1 Å². The summed E-state index contributed by atoms with van der Waals surface area (Å²) >= 11 is 3.99. The minimum Gasteiger partial charge on any atom is -0.341 e. The molecule has 0 aromatic heterocycles. The number of hydrogen-bond acceptors (Lipinski definition) is 2. The molecule has 0 atom stereocenters. The number of nitrogens with zero attached hydrogens (tertiary/aromatic N) is 1. The first kappa shape index (κ1) is 10.8. The fourth-order valence-corrected chi connectivity index (χ4v) is 1.23. The van der Waals surface area contributed by atoms with E-state index in [0.29, 0.717) is 4.90 Å². The molecule has 0 saturated carbocycles. The van der Waals surface area contributed by atoms with Gasteiger partial charge in [-0.05, 0) is 18.2 Å². The van der Waals surface area contributed by atoms with E-state index in [2.05, 4.69) is 17.9 Å². The maximum atomic E-state index is 13.3. The lowest BCUT2D eigenvalue weighted by molar-refractivity contribution is 0.249. The number of halogens is 1. The molecule has 1 rings (SSSR count). The van der Waals surface area contributed by atoms with Gasteiger partial charge < -0.3 is 5.32 Å². The van der Waals surface area contributed by atoms with Crippen molar-refractivity contribution in [2.75, 3.05) is 19.0 Å². The van der Waals surface area contributed by atoms with Gasteiger partial charge in [0.25, 0.3) is 0 Å². The third kappa shape index (κ3) is 2.17. The minimum atomic E-state index is -0.469. The third-order valence-corrected chi connectivity index (χ3v) is 2.09. The Balaban J connectivity index is 3.01. The fourth-order valence-electron chi connectivity index (χ4n) is 1.04. The van der Waals surface area contributed by atoms with Crippen molar-refractivity contribution in [3.8, 4) is 0 Å². The summed E-state index contributed by atoms with van der Waals surface area (Å²) in [6.07, 6.45) is 0. The number of anilines is 1. The van der Waals surface area contributed by atoms with E-state index in [1.807, 2.05) is 0 Å². The molecule has 0 fully saturated rings. The molecule has 1 aromatic carbocycles. The van der Waals surface area contributed by atoms with E-state index >= 15 is 0 Å². The molecule has 0 spiro atoms. The summed E-state index contributed by atoms with van der Waals surface area (Å²) in [5.41, 5.74) is 0.224. The van der Waals surface area contributed by atoms with Crippen LogP contribution >= 0.6 is 12.6 Å². The van der Waals surface area contributed by atoms with E-state index in [-0.39, 0.29) is 11.7 Å². The lowest BCUT2D eigenvalue weighted by atomic mass is 10.3. The second-order valence-corrected chi connectivity index (χ2v) is 3.27. The van der Waals surface area contributed by atoms with E-state index in [9.17, 15) is 9.18 Å². The van der Waals surface area contributed by atoms with Crippen LogP contribution in [0.25, 0.3) is 0 Å². The number of benzene rings is 1. The van der Waals surface area contributed by atoms with Crippen molar-refractivity contribution in [2.24, 2.45) is 0 Å². The van der Waals surface area contributed by atoms with Crippen molar-refractivity contribution >= 4 is 24.3 Å². The zero-order chi connectivity index (χ0) is 10.7. The maximum absolute atomic E-state index is 13.3. The van der Waals surface area contributed by atoms with Gasteiger partial charge >= 0.3 is 6.03 Å². The van der Waals surface area contributed by atoms with Gasteiger partial charge in [0.15, 0.2) is 0 Å². The zero-order valence-electron chi connectivity index (χ0n) is 7.91. The SMILES string of the molecule is CNC(=O)N(C)c1ccc(S)cc1F. The molecule has 5 heteroatoms. The van der Waals surface area contributed by atoms with Crippen molar-refractivity contribution < 1.29 is 9.18 Å². The average Bonchev–Trinajstić information content (AvgIpc) is 2.15. The highest BCUT2D eigenvalue weighted by atomic mass is 32.1. The van der Waals surface area contributed by atoms with E-state index in [1.165, 1.54) is 31.1 Å². The van der Waals surface area contributed by atoms with Crippen molar-refractivity contribution in [3.05, 3.63) is 24.0 Å². The molecule has 0 unspecified atom stereocenters. The number of rotatable bonds is 1. The summed E-state index contributed by atoms with van der Waals surface area (Å²) in [5.74, 6) is -0.469. The van der Waals surface area contributed by atoms with Crippen LogP contribution in [0.1, 0.15) is 0 Å². The van der Waals surface area contributed by atoms with Crippen LogP contribution in [0.2, 0.25) is 0 Å². The van der Waals surface area contributed by atoms with Gasteiger partial charge in [0, 0.05) is 19.0 Å². The van der Waals surface area contributed by atoms with Crippen LogP contribution in [0, 0.1) is 5.82 Å². The van der Waals surface area contributed by atoms with Crippen molar-refractivity contribution in [2.45, 2.75) is 4.90 Å². The van der Waals surface area contributed by atoms with Crippen molar-refractivity contribution in [1.82, 2.24) is 5.32 Å². The molecule has 0 saturated heterocycles. The molecule has 76 valence electrons. The molecule has 0 heterocycles. The quantitative estimate of drug-likeness (QED) is 0.687. The summed E-state index contributed by atoms with van der Waals surface area (Å²) in [7, 11) is 2.99. The van der Waals surface area contributed by atoms with Gasteiger partial charge in [0.1, 0.15) is 5.82 Å². The van der Waals surface area contributed by atoms with Crippen LogP contribution in [-0.2, 0) is 0 Å². The van der Waals surface area contributed by atoms with Crippen LogP contribution in [0.5, 0.6) is 0 Å².